The van der Waals surface area contributed by atoms with Crippen LogP contribution >= 0.6 is 0 Å². The number of carbonyl (C=O) groups is 1. The second-order valence-electron chi connectivity index (χ2n) is 4.50. The van der Waals surface area contributed by atoms with Crippen molar-refractivity contribution in [3.8, 4) is 11.5 Å². The Bertz CT molecular complexity index is 619. The number of methoxy groups -OCH3 is 2. The molecule has 0 spiro atoms. The molecule has 22 heavy (non-hydrogen) atoms. The average molecular weight is 306 g/mol. The molecule has 0 unspecified atom stereocenters. The minimum Gasteiger partial charge on any atom is -0.497 e. The minimum atomic E-state index is -0.497. The van der Waals surface area contributed by atoms with Crippen LogP contribution in [0.3, 0.4) is 0 Å². The molecule has 0 saturated heterocycles. The topological polar surface area (TPSA) is 88.4 Å². The lowest BCUT2D eigenvalue weighted by molar-refractivity contribution is 0.0455. The maximum absolute atomic E-state index is 12.1. The highest BCUT2D eigenvalue weighted by molar-refractivity contribution is 5.90. The van der Waals surface area contributed by atoms with Crippen LogP contribution in [0.5, 0.6) is 11.5 Å². The molecular formula is C14H18N4O4. The fraction of sp³-hybridized carbons (Fsp3) is 0.429. The van der Waals surface area contributed by atoms with Gasteiger partial charge < -0.3 is 14.2 Å². The third-order valence-electron chi connectivity index (χ3n) is 2.96. The van der Waals surface area contributed by atoms with Crippen molar-refractivity contribution in [3.05, 3.63) is 29.6 Å². The standard InChI is InChI=1S/C14H18N4O4/c1-4-5-18-13(15-16-17-18)9-22-14(19)10-6-11(20-2)8-12(7-10)21-3/h6-8H,4-5,9H2,1-3H3. The zero-order chi connectivity index (χ0) is 15.9. The van der Waals surface area contributed by atoms with E-state index in [4.69, 9.17) is 14.2 Å². The average Bonchev–Trinajstić information content (AvgIpc) is 2.99. The molecule has 8 nitrogen and oxygen atoms in total. The Morgan fingerprint density at radius 1 is 1.18 bits per heavy atom. The molecule has 0 atom stereocenters. The normalized spacial score (nSPS) is 10.3. The van der Waals surface area contributed by atoms with Crippen molar-refractivity contribution in [1.82, 2.24) is 20.2 Å². The highest BCUT2D eigenvalue weighted by Gasteiger charge is 2.13. The third kappa shape index (κ3) is 3.72. The van der Waals surface area contributed by atoms with Gasteiger partial charge in [-0.05, 0) is 29.0 Å². The van der Waals surface area contributed by atoms with Gasteiger partial charge in [0.05, 0.1) is 19.8 Å². The van der Waals surface area contributed by atoms with E-state index in [1.54, 1.807) is 22.9 Å². The lowest BCUT2D eigenvalue weighted by Crippen LogP contribution is -2.11. The molecule has 1 heterocycles. The van der Waals surface area contributed by atoms with Crippen LogP contribution in [0.1, 0.15) is 29.5 Å². The van der Waals surface area contributed by atoms with Gasteiger partial charge in [-0.15, -0.1) is 5.10 Å². The van der Waals surface area contributed by atoms with Gasteiger partial charge in [0.1, 0.15) is 11.5 Å². The van der Waals surface area contributed by atoms with Crippen molar-refractivity contribution < 1.29 is 19.0 Å². The molecule has 1 aromatic carbocycles. The Balaban J connectivity index is 2.07. The molecule has 0 aliphatic heterocycles. The van der Waals surface area contributed by atoms with E-state index in [-0.39, 0.29) is 6.61 Å². The van der Waals surface area contributed by atoms with Gasteiger partial charge in [-0.25, -0.2) is 9.48 Å². The van der Waals surface area contributed by atoms with Gasteiger partial charge in [0.15, 0.2) is 12.4 Å². The Morgan fingerprint density at radius 3 is 2.45 bits per heavy atom. The van der Waals surface area contributed by atoms with E-state index in [1.165, 1.54) is 14.2 Å². The molecule has 0 radical (unpaired) electrons. The molecular weight excluding hydrogens is 288 g/mol. The van der Waals surface area contributed by atoms with Crippen LogP contribution in [0.15, 0.2) is 18.2 Å². The number of hydrogen-bond acceptors (Lipinski definition) is 7. The number of aryl methyl sites for hydroxylation is 1. The van der Waals surface area contributed by atoms with Crippen LogP contribution in [0.4, 0.5) is 0 Å². The van der Waals surface area contributed by atoms with Gasteiger partial charge in [0.2, 0.25) is 0 Å². The predicted octanol–water partition coefficient (Wildman–Crippen LogP) is 1.46. The summed E-state index contributed by atoms with van der Waals surface area (Å²) in [6.45, 7) is 2.69. The van der Waals surface area contributed by atoms with Crippen LogP contribution in [0.2, 0.25) is 0 Å². The first-order valence-electron chi connectivity index (χ1n) is 6.83. The van der Waals surface area contributed by atoms with E-state index in [2.05, 4.69) is 15.5 Å². The number of benzene rings is 1. The van der Waals surface area contributed by atoms with Gasteiger partial charge in [-0.2, -0.15) is 0 Å². The number of ether oxygens (including phenoxy) is 3. The molecule has 8 heteroatoms. The van der Waals surface area contributed by atoms with Crippen molar-refractivity contribution in [2.45, 2.75) is 26.5 Å². The lowest BCUT2D eigenvalue weighted by atomic mass is 10.2. The molecule has 0 aliphatic rings. The Morgan fingerprint density at radius 2 is 1.86 bits per heavy atom. The first-order valence-corrected chi connectivity index (χ1v) is 6.83. The van der Waals surface area contributed by atoms with E-state index < -0.39 is 5.97 Å². The molecule has 0 fully saturated rings. The molecule has 2 aromatic rings. The number of hydrogen-bond donors (Lipinski definition) is 0. The molecule has 0 bridgehead atoms. The number of nitrogens with zero attached hydrogens (tertiary/aromatic N) is 4. The quantitative estimate of drug-likeness (QED) is 0.715. The Kier molecular flexibility index (Phi) is 5.29. The summed E-state index contributed by atoms with van der Waals surface area (Å²) >= 11 is 0. The summed E-state index contributed by atoms with van der Waals surface area (Å²) in [6, 6.07) is 4.85. The van der Waals surface area contributed by atoms with E-state index in [9.17, 15) is 4.79 Å². The molecule has 2 rings (SSSR count). The fourth-order valence-corrected chi connectivity index (χ4v) is 1.85. The second kappa shape index (κ2) is 7.39. The maximum atomic E-state index is 12.1. The summed E-state index contributed by atoms with van der Waals surface area (Å²) in [4.78, 5) is 12.1. The SMILES string of the molecule is CCCn1nnnc1COC(=O)c1cc(OC)cc(OC)c1. The van der Waals surface area contributed by atoms with Crippen LogP contribution in [0.25, 0.3) is 0 Å². The molecule has 1 aromatic heterocycles. The van der Waals surface area contributed by atoms with Crippen molar-refractivity contribution >= 4 is 5.97 Å². The first kappa shape index (κ1) is 15.7. The van der Waals surface area contributed by atoms with Crippen LogP contribution in [-0.4, -0.2) is 40.4 Å². The fourth-order valence-electron chi connectivity index (χ4n) is 1.85. The molecule has 0 saturated carbocycles. The predicted molar refractivity (Wildman–Crippen MR) is 76.8 cm³/mol. The van der Waals surface area contributed by atoms with Crippen molar-refractivity contribution in [1.29, 1.82) is 0 Å². The number of esters is 1. The summed E-state index contributed by atoms with van der Waals surface area (Å²) in [5.74, 6) is 1.04. The number of rotatable bonds is 7. The van der Waals surface area contributed by atoms with Gasteiger partial charge in [-0.1, -0.05) is 6.92 Å². The van der Waals surface area contributed by atoms with Gasteiger partial charge in [0.25, 0.3) is 0 Å². The smallest absolute Gasteiger partial charge is 0.338 e. The highest BCUT2D eigenvalue weighted by atomic mass is 16.5. The molecule has 0 N–H and O–H groups in total. The van der Waals surface area contributed by atoms with Gasteiger partial charge in [-0.3, -0.25) is 0 Å². The Labute approximate surface area is 128 Å². The van der Waals surface area contributed by atoms with Crippen molar-refractivity contribution in [2.24, 2.45) is 0 Å². The summed E-state index contributed by atoms with van der Waals surface area (Å²) in [6.07, 6.45) is 0.888. The monoisotopic (exact) mass is 306 g/mol. The van der Waals surface area contributed by atoms with E-state index in [1.807, 2.05) is 6.92 Å². The zero-order valence-corrected chi connectivity index (χ0v) is 12.8. The summed E-state index contributed by atoms with van der Waals surface area (Å²) in [5.41, 5.74) is 0.339. The first-order chi connectivity index (χ1) is 10.7. The highest BCUT2D eigenvalue weighted by Crippen LogP contribution is 2.23. The largest absolute Gasteiger partial charge is 0.497 e. The number of aromatic nitrogens is 4. The number of tetrazole rings is 1. The lowest BCUT2D eigenvalue weighted by Gasteiger charge is -2.08. The van der Waals surface area contributed by atoms with Crippen LogP contribution in [-0.2, 0) is 17.9 Å². The van der Waals surface area contributed by atoms with Crippen molar-refractivity contribution in [2.75, 3.05) is 14.2 Å². The number of carbonyl (C=O) groups excluding carboxylic acids is 1. The molecule has 0 amide bonds. The minimum absolute atomic E-state index is 0.00532. The van der Waals surface area contributed by atoms with E-state index in [0.717, 1.165) is 6.42 Å². The molecule has 118 valence electrons. The third-order valence-corrected chi connectivity index (χ3v) is 2.96. The maximum Gasteiger partial charge on any atom is 0.338 e. The zero-order valence-electron chi connectivity index (χ0n) is 12.8. The van der Waals surface area contributed by atoms with E-state index >= 15 is 0 Å². The van der Waals surface area contributed by atoms with Gasteiger partial charge >= 0.3 is 5.97 Å². The summed E-state index contributed by atoms with van der Waals surface area (Å²) in [7, 11) is 3.03. The Hall–Kier alpha value is -2.64. The van der Waals surface area contributed by atoms with Crippen molar-refractivity contribution in [3.63, 3.8) is 0 Å². The second-order valence-corrected chi connectivity index (χ2v) is 4.50. The summed E-state index contributed by atoms with van der Waals surface area (Å²) < 4.78 is 17.1. The van der Waals surface area contributed by atoms with Crippen LogP contribution < -0.4 is 9.47 Å². The van der Waals surface area contributed by atoms with Gasteiger partial charge in [0, 0.05) is 12.6 Å². The van der Waals surface area contributed by atoms with Crippen LogP contribution in [0, 0.1) is 0 Å². The summed E-state index contributed by atoms with van der Waals surface area (Å²) in [5, 5.41) is 11.3. The van der Waals surface area contributed by atoms with E-state index in [0.29, 0.717) is 29.4 Å². The molecule has 0 aliphatic carbocycles.